The van der Waals surface area contributed by atoms with E-state index in [9.17, 15) is 19.2 Å². The second-order valence-electron chi connectivity index (χ2n) is 6.55. The van der Waals surface area contributed by atoms with E-state index in [1.54, 1.807) is 0 Å². The lowest BCUT2D eigenvalue weighted by atomic mass is 10.0. The molecule has 1 saturated carbocycles. The maximum Gasteiger partial charge on any atom is 0.326 e. The summed E-state index contributed by atoms with van der Waals surface area (Å²) in [7, 11) is 0. The van der Waals surface area contributed by atoms with Gasteiger partial charge in [-0.3, -0.25) is 14.4 Å². The minimum absolute atomic E-state index is 0.0732. The summed E-state index contributed by atoms with van der Waals surface area (Å²) in [4.78, 5) is 47.4. The highest BCUT2D eigenvalue weighted by atomic mass is 16.4. The smallest absolute Gasteiger partial charge is 0.326 e. The summed E-state index contributed by atoms with van der Waals surface area (Å²) >= 11 is 0. The van der Waals surface area contributed by atoms with Gasteiger partial charge in [0.2, 0.25) is 17.7 Å². The molecule has 0 aliphatic heterocycles. The SMILES string of the molecule is CC(=O)NCCN(C(=O)CNC(=O)CCC1CCCC1)C(C)C(=O)O. The molecule has 1 atom stereocenters. The van der Waals surface area contributed by atoms with Crippen molar-refractivity contribution in [1.82, 2.24) is 15.5 Å². The lowest BCUT2D eigenvalue weighted by molar-refractivity contribution is -0.149. The number of hydrogen-bond acceptors (Lipinski definition) is 4. The molecule has 0 bridgehead atoms. The van der Waals surface area contributed by atoms with E-state index < -0.39 is 17.9 Å². The molecule has 8 nitrogen and oxygen atoms in total. The number of carbonyl (C=O) groups is 4. The molecule has 0 aromatic rings. The van der Waals surface area contributed by atoms with Crippen LogP contribution in [0, 0.1) is 5.92 Å². The third-order valence-electron chi connectivity index (χ3n) is 4.56. The van der Waals surface area contributed by atoms with Gasteiger partial charge < -0.3 is 20.6 Å². The normalized spacial score (nSPS) is 15.4. The summed E-state index contributed by atoms with van der Waals surface area (Å²) in [6.45, 7) is 2.74. The van der Waals surface area contributed by atoms with Crippen LogP contribution < -0.4 is 10.6 Å². The topological polar surface area (TPSA) is 116 Å². The van der Waals surface area contributed by atoms with Crippen LogP contribution in [-0.2, 0) is 19.2 Å². The maximum atomic E-state index is 12.3. The first-order valence-corrected chi connectivity index (χ1v) is 8.84. The Bertz CT molecular complexity index is 489. The van der Waals surface area contributed by atoms with Gasteiger partial charge in [-0.05, 0) is 19.3 Å². The summed E-state index contributed by atoms with van der Waals surface area (Å²) in [5, 5.41) is 14.2. The van der Waals surface area contributed by atoms with Gasteiger partial charge in [-0.2, -0.15) is 0 Å². The molecular weight excluding hydrogens is 326 g/mol. The first-order chi connectivity index (χ1) is 11.8. The Labute approximate surface area is 148 Å². The largest absolute Gasteiger partial charge is 0.480 e. The predicted molar refractivity (Wildman–Crippen MR) is 91.7 cm³/mol. The van der Waals surface area contributed by atoms with Gasteiger partial charge in [-0.25, -0.2) is 4.79 Å². The van der Waals surface area contributed by atoms with E-state index in [0.717, 1.165) is 11.3 Å². The number of carbonyl (C=O) groups excluding carboxylic acids is 3. The van der Waals surface area contributed by atoms with Gasteiger partial charge in [0.25, 0.3) is 0 Å². The molecule has 0 heterocycles. The average Bonchev–Trinajstić information content (AvgIpc) is 3.07. The molecule has 1 aliphatic carbocycles. The third kappa shape index (κ3) is 8.00. The molecule has 3 N–H and O–H groups in total. The highest BCUT2D eigenvalue weighted by Crippen LogP contribution is 2.28. The van der Waals surface area contributed by atoms with Crippen molar-refractivity contribution in [3.05, 3.63) is 0 Å². The minimum Gasteiger partial charge on any atom is -0.480 e. The second kappa shape index (κ2) is 10.7. The van der Waals surface area contributed by atoms with Gasteiger partial charge in [0.15, 0.2) is 0 Å². The molecule has 1 unspecified atom stereocenters. The van der Waals surface area contributed by atoms with E-state index in [1.165, 1.54) is 39.5 Å². The molecule has 0 radical (unpaired) electrons. The van der Waals surface area contributed by atoms with Crippen LogP contribution in [-0.4, -0.2) is 59.4 Å². The number of hydrogen-bond donors (Lipinski definition) is 3. The van der Waals surface area contributed by atoms with Crippen molar-refractivity contribution in [2.75, 3.05) is 19.6 Å². The molecular formula is C17H29N3O5. The molecule has 0 aromatic carbocycles. The van der Waals surface area contributed by atoms with Crippen LogP contribution in [0.4, 0.5) is 0 Å². The molecule has 1 aliphatic rings. The fourth-order valence-corrected chi connectivity index (χ4v) is 3.02. The standard InChI is InChI=1S/C17H29N3O5/c1-12(17(24)25)20(10-9-18-13(2)21)16(23)11-19-15(22)8-7-14-5-3-4-6-14/h12,14H,3-11H2,1-2H3,(H,18,21)(H,19,22)(H,24,25). The van der Waals surface area contributed by atoms with Crippen LogP contribution in [0.1, 0.15) is 52.4 Å². The third-order valence-corrected chi connectivity index (χ3v) is 4.56. The number of nitrogens with one attached hydrogen (secondary N) is 2. The first kappa shape index (κ1) is 20.9. The van der Waals surface area contributed by atoms with Gasteiger partial charge in [0.05, 0.1) is 6.54 Å². The number of carboxylic acid groups (broad SMARTS) is 1. The van der Waals surface area contributed by atoms with Crippen LogP contribution in [0.25, 0.3) is 0 Å². The van der Waals surface area contributed by atoms with Crippen molar-refractivity contribution >= 4 is 23.7 Å². The predicted octanol–water partition coefficient (Wildman–Crippen LogP) is 0.511. The monoisotopic (exact) mass is 355 g/mol. The molecule has 8 heteroatoms. The summed E-state index contributed by atoms with van der Waals surface area (Å²) in [6, 6.07) is -1.03. The number of aliphatic carboxylic acids is 1. The van der Waals surface area contributed by atoms with Crippen LogP contribution in [0.2, 0.25) is 0 Å². The molecule has 1 rings (SSSR count). The van der Waals surface area contributed by atoms with E-state index in [4.69, 9.17) is 5.11 Å². The van der Waals surface area contributed by atoms with Crippen molar-refractivity contribution in [1.29, 1.82) is 0 Å². The van der Waals surface area contributed by atoms with E-state index >= 15 is 0 Å². The molecule has 3 amide bonds. The van der Waals surface area contributed by atoms with Crippen molar-refractivity contribution in [3.8, 4) is 0 Å². The Balaban J connectivity index is 2.42. The zero-order valence-electron chi connectivity index (χ0n) is 15.0. The van der Waals surface area contributed by atoms with Gasteiger partial charge in [-0.15, -0.1) is 0 Å². The Morgan fingerprint density at radius 3 is 2.36 bits per heavy atom. The quantitative estimate of drug-likeness (QED) is 0.528. The number of nitrogens with zero attached hydrogens (tertiary/aromatic N) is 1. The molecule has 0 saturated heterocycles. The molecule has 0 spiro atoms. The van der Waals surface area contributed by atoms with Crippen LogP contribution in [0.15, 0.2) is 0 Å². The maximum absolute atomic E-state index is 12.3. The lowest BCUT2D eigenvalue weighted by Gasteiger charge is -2.26. The summed E-state index contributed by atoms with van der Waals surface area (Å²) in [5.41, 5.74) is 0. The van der Waals surface area contributed by atoms with Crippen molar-refractivity contribution in [3.63, 3.8) is 0 Å². The number of amides is 3. The van der Waals surface area contributed by atoms with Gasteiger partial charge >= 0.3 is 5.97 Å². The van der Waals surface area contributed by atoms with Crippen LogP contribution >= 0.6 is 0 Å². The highest BCUT2D eigenvalue weighted by Gasteiger charge is 2.25. The molecule has 25 heavy (non-hydrogen) atoms. The molecule has 1 fully saturated rings. The Hall–Kier alpha value is -2.12. The Morgan fingerprint density at radius 1 is 1.16 bits per heavy atom. The number of rotatable bonds is 10. The lowest BCUT2D eigenvalue weighted by Crippen LogP contribution is -2.50. The van der Waals surface area contributed by atoms with E-state index in [-0.39, 0.29) is 31.4 Å². The zero-order valence-corrected chi connectivity index (χ0v) is 15.0. The van der Waals surface area contributed by atoms with Crippen LogP contribution in [0.5, 0.6) is 0 Å². The zero-order chi connectivity index (χ0) is 18.8. The van der Waals surface area contributed by atoms with Crippen molar-refractivity contribution in [2.45, 2.75) is 58.4 Å². The van der Waals surface area contributed by atoms with Gasteiger partial charge in [0.1, 0.15) is 6.04 Å². The van der Waals surface area contributed by atoms with E-state index in [0.29, 0.717) is 12.3 Å². The van der Waals surface area contributed by atoms with Crippen molar-refractivity contribution < 1.29 is 24.3 Å². The summed E-state index contributed by atoms with van der Waals surface area (Å²) in [6.07, 6.45) is 6.00. The summed E-state index contributed by atoms with van der Waals surface area (Å²) in [5.74, 6) is -1.46. The Kier molecular flexibility index (Phi) is 8.94. The van der Waals surface area contributed by atoms with E-state index in [2.05, 4.69) is 10.6 Å². The molecule has 142 valence electrons. The minimum atomic E-state index is -1.14. The first-order valence-electron chi connectivity index (χ1n) is 8.84. The Morgan fingerprint density at radius 2 is 1.80 bits per heavy atom. The molecule has 0 aromatic heterocycles. The van der Waals surface area contributed by atoms with Crippen LogP contribution in [0.3, 0.4) is 0 Å². The fourth-order valence-electron chi connectivity index (χ4n) is 3.02. The number of carboxylic acids is 1. The van der Waals surface area contributed by atoms with Gasteiger partial charge in [0, 0.05) is 26.4 Å². The fraction of sp³-hybridized carbons (Fsp3) is 0.765. The van der Waals surface area contributed by atoms with Gasteiger partial charge in [-0.1, -0.05) is 25.7 Å². The second-order valence-corrected chi connectivity index (χ2v) is 6.55. The highest BCUT2D eigenvalue weighted by molar-refractivity contribution is 5.87. The summed E-state index contributed by atoms with van der Waals surface area (Å²) < 4.78 is 0. The average molecular weight is 355 g/mol. The van der Waals surface area contributed by atoms with Crippen molar-refractivity contribution in [2.24, 2.45) is 5.92 Å². The van der Waals surface area contributed by atoms with E-state index in [1.807, 2.05) is 0 Å².